The Hall–Kier alpha value is -2.13. The van der Waals surface area contributed by atoms with Crippen molar-refractivity contribution in [2.45, 2.75) is 44.3 Å². The zero-order chi connectivity index (χ0) is 23.1. The van der Waals surface area contributed by atoms with Crippen LogP contribution in [-0.2, 0) is 22.7 Å². The molecular weight excluding hydrogens is 458 g/mol. The first-order chi connectivity index (χ1) is 15.9. The van der Waals surface area contributed by atoms with E-state index in [1.54, 1.807) is 0 Å². The number of thiol groups is 1. The Morgan fingerprint density at radius 1 is 1.15 bits per heavy atom. The number of carbonyl (C=O) groups is 2. The molecule has 174 valence electrons. The predicted molar refractivity (Wildman–Crippen MR) is 131 cm³/mol. The van der Waals surface area contributed by atoms with E-state index in [9.17, 15) is 9.59 Å². The van der Waals surface area contributed by atoms with Crippen LogP contribution in [0.2, 0.25) is 5.02 Å². The van der Waals surface area contributed by atoms with Crippen LogP contribution >= 0.6 is 24.2 Å². The zero-order valence-corrected chi connectivity index (χ0v) is 20.3. The second-order valence-corrected chi connectivity index (χ2v) is 10.0. The van der Waals surface area contributed by atoms with Gasteiger partial charge in [0.2, 0.25) is 11.8 Å². The van der Waals surface area contributed by atoms with Crippen molar-refractivity contribution in [2.24, 2.45) is 0 Å². The molecule has 0 aliphatic carbocycles. The third-order valence-electron chi connectivity index (χ3n) is 6.77. The molecule has 2 saturated heterocycles. The summed E-state index contributed by atoms with van der Waals surface area (Å²) >= 11 is 11.0. The Kier molecular flexibility index (Phi) is 6.35. The molecule has 2 unspecified atom stereocenters. The summed E-state index contributed by atoms with van der Waals surface area (Å²) < 4.78 is 0. The van der Waals surface area contributed by atoms with Crippen LogP contribution in [-0.4, -0.2) is 58.8 Å². The number of nitrogens with one attached hydrogen (secondary N) is 1. The number of imide groups is 1. The highest BCUT2D eigenvalue weighted by atomic mass is 35.5. The molecule has 9 heteroatoms. The van der Waals surface area contributed by atoms with Crippen molar-refractivity contribution in [2.75, 3.05) is 31.1 Å². The van der Waals surface area contributed by atoms with Crippen molar-refractivity contribution >= 4 is 41.9 Å². The largest absolute Gasteiger partial charge is 0.354 e. The minimum Gasteiger partial charge on any atom is -0.354 e. The van der Waals surface area contributed by atoms with E-state index in [0.717, 1.165) is 54.8 Å². The molecule has 2 aromatic rings. The van der Waals surface area contributed by atoms with Crippen molar-refractivity contribution in [1.82, 2.24) is 20.1 Å². The number of pyridine rings is 1. The molecule has 3 aliphatic rings. The van der Waals surface area contributed by atoms with Crippen molar-refractivity contribution in [3.05, 3.63) is 57.7 Å². The van der Waals surface area contributed by atoms with Gasteiger partial charge in [-0.25, -0.2) is 4.98 Å². The predicted octanol–water partition coefficient (Wildman–Crippen LogP) is 2.91. The van der Waals surface area contributed by atoms with Crippen LogP contribution in [0.1, 0.15) is 40.6 Å². The fourth-order valence-corrected chi connectivity index (χ4v) is 5.80. The molecule has 1 aromatic carbocycles. The highest BCUT2D eigenvalue weighted by molar-refractivity contribution is 7.80. The van der Waals surface area contributed by atoms with Crippen molar-refractivity contribution in [1.29, 1.82) is 0 Å². The number of anilines is 1. The Labute approximate surface area is 204 Å². The molecule has 2 fully saturated rings. The van der Waals surface area contributed by atoms with Gasteiger partial charge in [-0.15, -0.1) is 0 Å². The highest BCUT2D eigenvalue weighted by Gasteiger charge is 2.39. The van der Waals surface area contributed by atoms with Gasteiger partial charge >= 0.3 is 0 Å². The van der Waals surface area contributed by atoms with Crippen LogP contribution in [0.3, 0.4) is 0 Å². The van der Waals surface area contributed by atoms with Gasteiger partial charge < -0.3 is 4.90 Å². The second-order valence-electron chi connectivity index (χ2n) is 9.09. The van der Waals surface area contributed by atoms with Gasteiger partial charge in [0.05, 0.1) is 11.4 Å². The van der Waals surface area contributed by atoms with Crippen LogP contribution in [0.25, 0.3) is 0 Å². The first-order valence-corrected chi connectivity index (χ1v) is 12.3. The third kappa shape index (κ3) is 4.75. The number of fused-ring (bicyclic) bond motifs is 1. The summed E-state index contributed by atoms with van der Waals surface area (Å²) in [7, 11) is 0. The van der Waals surface area contributed by atoms with E-state index in [2.05, 4.69) is 43.2 Å². The maximum atomic E-state index is 12.4. The standard InChI is InChI=1S/C24H28ClN5O2S/c1-15-10-18(25)12-21(26-15)29-8-6-28(7-9-29)13-16-2-3-19-17(11-16)14-30(24(19)33)20-4-5-22(31)27-23(20)32/h2-3,10-12,20,24,33H,4-9,13-14H2,1H3,(H,27,31,32). The molecule has 2 amide bonds. The summed E-state index contributed by atoms with van der Waals surface area (Å²) in [4.78, 5) is 35.3. The molecular formula is C24H28ClN5O2S. The Bertz CT molecular complexity index is 1070. The van der Waals surface area contributed by atoms with Crippen LogP contribution in [0.15, 0.2) is 30.3 Å². The van der Waals surface area contributed by atoms with E-state index in [4.69, 9.17) is 24.2 Å². The van der Waals surface area contributed by atoms with Crippen molar-refractivity contribution < 1.29 is 9.59 Å². The van der Waals surface area contributed by atoms with Gasteiger partial charge in [0.1, 0.15) is 5.82 Å². The maximum Gasteiger partial charge on any atom is 0.243 e. The molecule has 1 N–H and O–H groups in total. The van der Waals surface area contributed by atoms with Crippen LogP contribution in [0.4, 0.5) is 5.82 Å². The van der Waals surface area contributed by atoms with E-state index in [-0.39, 0.29) is 23.2 Å². The summed E-state index contributed by atoms with van der Waals surface area (Å²) in [6.07, 6.45) is 0.930. The number of halogens is 1. The van der Waals surface area contributed by atoms with E-state index in [1.807, 2.05) is 19.1 Å². The van der Waals surface area contributed by atoms with E-state index in [1.165, 1.54) is 11.1 Å². The van der Waals surface area contributed by atoms with E-state index < -0.39 is 0 Å². The van der Waals surface area contributed by atoms with Crippen LogP contribution < -0.4 is 10.2 Å². The number of aryl methyl sites for hydroxylation is 1. The number of aromatic nitrogens is 1. The quantitative estimate of drug-likeness (QED) is 0.512. The number of benzene rings is 1. The highest BCUT2D eigenvalue weighted by Crippen LogP contribution is 2.39. The SMILES string of the molecule is Cc1cc(Cl)cc(N2CCN(Cc3ccc4c(c3)CN(C3CCC(=O)NC3=O)C4S)CC2)n1. The molecule has 1 aromatic heterocycles. The van der Waals surface area contributed by atoms with Crippen molar-refractivity contribution in [3.63, 3.8) is 0 Å². The minimum absolute atomic E-state index is 0.129. The molecule has 0 saturated carbocycles. The van der Waals surface area contributed by atoms with Gasteiger partial charge in [0.25, 0.3) is 0 Å². The number of rotatable bonds is 4. The maximum absolute atomic E-state index is 12.4. The van der Waals surface area contributed by atoms with Gasteiger partial charge in [-0.2, -0.15) is 12.6 Å². The number of hydrogen-bond donors (Lipinski definition) is 2. The molecule has 7 nitrogen and oxygen atoms in total. The van der Waals surface area contributed by atoms with Gasteiger partial charge in [0, 0.05) is 56.4 Å². The summed E-state index contributed by atoms with van der Waals surface area (Å²) in [6, 6.07) is 10.1. The summed E-state index contributed by atoms with van der Waals surface area (Å²) in [5.74, 6) is 0.554. The fraction of sp³-hybridized carbons (Fsp3) is 0.458. The Morgan fingerprint density at radius 2 is 1.94 bits per heavy atom. The lowest BCUT2D eigenvalue weighted by atomic mass is 10.0. The second kappa shape index (κ2) is 9.25. The minimum atomic E-state index is -0.308. The monoisotopic (exact) mass is 485 g/mol. The number of piperazine rings is 1. The first-order valence-electron chi connectivity index (χ1n) is 11.4. The number of nitrogens with zero attached hydrogens (tertiary/aromatic N) is 4. The molecule has 0 spiro atoms. The summed E-state index contributed by atoms with van der Waals surface area (Å²) in [5.41, 5.74) is 4.57. The van der Waals surface area contributed by atoms with Crippen molar-refractivity contribution in [3.8, 4) is 0 Å². The fourth-order valence-electron chi connectivity index (χ4n) is 5.05. The molecule has 3 aliphatic heterocycles. The average molecular weight is 486 g/mol. The Morgan fingerprint density at radius 3 is 2.67 bits per heavy atom. The van der Waals surface area contributed by atoms with Crippen LogP contribution in [0, 0.1) is 6.92 Å². The number of hydrogen-bond acceptors (Lipinski definition) is 7. The Balaban J connectivity index is 1.21. The first kappa shape index (κ1) is 22.7. The van der Waals surface area contributed by atoms with E-state index in [0.29, 0.717) is 19.4 Å². The van der Waals surface area contributed by atoms with Gasteiger partial charge in [-0.3, -0.25) is 24.7 Å². The molecule has 2 atom stereocenters. The number of piperidine rings is 1. The molecule has 0 bridgehead atoms. The normalized spacial score (nSPS) is 24.2. The lowest BCUT2D eigenvalue weighted by molar-refractivity contribution is -0.137. The summed E-state index contributed by atoms with van der Waals surface area (Å²) in [5, 5.41) is 3.06. The number of carbonyl (C=O) groups excluding carboxylic acids is 2. The van der Waals surface area contributed by atoms with Gasteiger partial charge in [-0.1, -0.05) is 29.8 Å². The molecule has 4 heterocycles. The van der Waals surface area contributed by atoms with Crippen LogP contribution in [0.5, 0.6) is 0 Å². The topological polar surface area (TPSA) is 68.8 Å². The van der Waals surface area contributed by atoms with E-state index >= 15 is 0 Å². The van der Waals surface area contributed by atoms with Gasteiger partial charge in [-0.05, 0) is 42.2 Å². The lowest BCUT2D eigenvalue weighted by Gasteiger charge is -2.35. The third-order valence-corrected chi connectivity index (χ3v) is 7.56. The molecule has 33 heavy (non-hydrogen) atoms. The van der Waals surface area contributed by atoms with Gasteiger partial charge in [0.15, 0.2) is 0 Å². The smallest absolute Gasteiger partial charge is 0.243 e. The lowest BCUT2D eigenvalue weighted by Crippen LogP contribution is -2.51. The number of amides is 2. The summed E-state index contributed by atoms with van der Waals surface area (Å²) in [6.45, 7) is 7.29. The molecule has 0 radical (unpaired) electrons. The zero-order valence-electron chi connectivity index (χ0n) is 18.6. The average Bonchev–Trinajstić information content (AvgIpc) is 3.09. The molecule has 5 rings (SSSR count).